The van der Waals surface area contributed by atoms with Gasteiger partial charge < -0.3 is 25.2 Å². The quantitative estimate of drug-likeness (QED) is 0.342. The molecule has 2 aliphatic rings. The number of ether oxygens (including phenoxy) is 1. The van der Waals surface area contributed by atoms with E-state index in [4.69, 9.17) is 19.7 Å². The SMILES string of the molecule is CN1CC(c2cnc3c(N4CCOCC4)nc(-c4ccc(NC(=O)Nc5ccc(C(=O)N(C)C)nc5)c(F)c4)nc3c2)C=N1. The zero-order valence-corrected chi connectivity index (χ0v) is 24.5. The van der Waals surface area contributed by atoms with Gasteiger partial charge >= 0.3 is 6.03 Å². The lowest BCUT2D eigenvalue weighted by Gasteiger charge is -2.28. The van der Waals surface area contributed by atoms with Crippen LogP contribution in [0.15, 0.2) is 53.9 Å². The number of nitrogens with zero attached hydrogens (tertiary/aromatic N) is 8. The summed E-state index contributed by atoms with van der Waals surface area (Å²) in [6, 6.07) is 8.77. The standard InChI is InChI=1S/C30H31FN10O3/c1-39(2)29(42)24-7-5-21(16-32-24)35-30(43)37-23-6-4-18(12-22(23)31)27-36-25-13-19(20-15-34-40(3)17-20)14-33-26(25)28(38-27)41-8-10-44-11-9-41/h4-7,12-16,20H,8-11,17H2,1-3H3,(H2,35,37,43). The van der Waals surface area contributed by atoms with Crippen LogP contribution in [-0.4, -0.2) is 102 Å². The Kier molecular flexibility index (Phi) is 7.98. The Bertz CT molecular complexity index is 1740. The molecule has 1 aromatic carbocycles. The van der Waals surface area contributed by atoms with Gasteiger partial charge in [-0.05, 0) is 42.0 Å². The zero-order chi connectivity index (χ0) is 30.8. The number of halogens is 1. The smallest absolute Gasteiger partial charge is 0.323 e. The number of hydrazone groups is 1. The summed E-state index contributed by atoms with van der Waals surface area (Å²) in [5.41, 5.74) is 3.29. The van der Waals surface area contributed by atoms with Crippen LogP contribution < -0.4 is 15.5 Å². The van der Waals surface area contributed by atoms with E-state index in [0.29, 0.717) is 60.2 Å². The van der Waals surface area contributed by atoms with Crippen LogP contribution in [0.2, 0.25) is 0 Å². The Hall–Kier alpha value is -5.24. The topological polar surface area (TPSA) is 141 Å². The van der Waals surface area contributed by atoms with Crippen molar-refractivity contribution in [3.63, 3.8) is 0 Å². The Morgan fingerprint density at radius 2 is 1.84 bits per heavy atom. The van der Waals surface area contributed by atoms with E-state index in [1.54, 1.807) is 26.2 Å². The van der Waals surface area contributed by atoms with Gasteiger partial charge in [0.2, 0.25) is 0 Å². The number of carbonyl (C=O) groups is 2. The van der Waals surface area contributed by atoms with Crippen molar-refractivity contribution in [3.05, 3.63) is 65.9 Å². The summed E-state index contributed by atoms with van der Waals surface area (Å²) in [5, 5.41) is 11.3. The molecular weight excluding hydrogens is 567 g/mol. The first-order chi connectivity index (χ1) is 21.2. The van der Waals surface area contributed by atoms with E-state index in [1.807, 2.05) is 30.5 Å². The molecule has 1 atom stereocenters. The summed E-state index contributed by atoms with van der Waals surface area (Å²) in [6.07, 6.45) is 5.09. The van der Waals surface area contributed by atoms with Crippen LogP contribution in [0, 0.1) is 5.82 Å². The number of pyridine rings is 2. The molecule has 13 nitrogen and oxygen atoms in total. The lowest BCUT2D eigenvalue weighted by atomic mass is 10.0. The van der Waals surface area contributed by atoms with Crippen molar-refractivity contribution in [1.82, 2.24) is 29.8 Å². The van der Waals surface area contributed by atoms with Crippen molar-refractivity contribution < 1.29 is 18.7 Å². The van der Waals surface area contributed by atoms with Crippen LogP contribution >= 0.6 is 0 Å². The molecule has 6 rings (SSSR count). The molecule has 2 N–H and O–H groups in total. The molecule has 0 bridgehead atoms. The zero-order valence-electron chi connectivity index (χ0n) is 24.5. The molecule has 1 saturated heterocycles. The number of hydrogen-bond donors (Lipinski definition) is 2. The summed E-state index contributed by atoms with van der Waals surface area (Å²) in [4.78, 5) is 46.5. The van der Waals surface area contributed by atoms with Crippen LogP contribution in [0.4, 0.5) is 26.4 Å². The summed E-state index contributed by atoms with van der Waals surface area (Å²) in [5.74, 6) is 0.166. The lowest BCUT2D eigenvalue weighted by Crippen LogP contribution is -2.37. The fraction of sp³-hybridized carbons (Fsp3) is 0.300. The minimum absolute atomic E-state index is 0.0265. The third-order valence-corrected chi connectivity index (χ3v) is 7.30. The van der Waals surface area contributed by atoms with Gasteiger partial charge in [-0.3, -0.25) is 14.8 Å². The summed E-state index contributed by atoms with van der Waals surface area (Å²) >= 11 is 0. The number of carbonyl (C=O) groups excluding carboxylic acids is 2. The molecule has 2 aliphatic heterocycles. The average Bonchev–Trinajstić information content (AvgIpc) is 3.47. The molecule has 0 radical (unpaired) electrons. The van der Waals surface area contributed by atoms with Gasteiger partial charge in [0, 0.05) is 64.7 Å². The van der Waals surface area contributed by atoms with Gasteiger partial charge in [0.05, 0.1) is 36.3 Å². The van der Waals surface area contributed by atoms with E-state index in [1.165, 1.54) is 29.3 Å². The number of anilines is 3. The maximum absolute atomic E-state index is 15.3. The second kappa shape index (κ2) is 12.2. The summed E-state index contributed by atoms with van der Waals surface area (Å²) in [7, 11) is 5.16. The molecule has 14 heteroatoms. The van der Waals surface area contributed by atoms with Crippen molar-refractivity contribution in [2.24, 2.45) is 5.10 Å². The molecule has 226 valence electrons. The highest BCUT2D eigenvalue weighted by Crippen LogP contribution is 2.31. The Balaban J connectivity index is 1.25. The predicted octanol–water partition coefficient (Wildman–Crippen LogP) is 3.42. The maximum atomic E-state index is 15.3. The third kappa shape index (κ3) is 6.10. The van der Waals surface area contributed by atoms with E-state index in [9.17, 15) is 9.59 Å². The Morgan fingerprint density at radius 3 is 2.52 bits per heavy atom. The van der Waals surface area contributed by atoms with Crippen molar-refractivity contribution >= 4 is 46.4 Å². The van der Waals surface area contributed by atoms with E-state index < -0.39 is 11.8 Å². The number of likely N-dealkylation sites (N-methyl/N-ethyl adjacent to an activating group) is 1. The predicted molar refractivity (Wildman–Crippen MR) is 165 cm³/mol. The van der Waals surface area contributed by atoms with Gasteiger partial charge in [-0.25, -0.2) is 24.1 Å². The van der Waals surface area contributed by atoms with Gasteiger partial charge in [-0.1, -0.05) is 0 Å². The second-order valence-electron chi connectivity index (χ2n) is 10.7. The maximum Gasteiger partial charge on any atom is 0.323 e. The number of morpholine rings is 1. The number of hydrogen-bond acceptors (Lipinski definition) is 10. The Labute approximate surface area is 252 Å². The van der Waals surface area contributed by atoms with E-state index in [0.717, 1.165) is 12.1 Å². The van der Waals surface area contributed by atoms with Crippen molar-refractivity contribution in [1.29, 1.82) is 0 Å². The van der Waals surface area contributed by atoms with E-state index >= 15 is 4.39 Å². The first-order valence-corrected chi connectivity index (χ1v) is 14.1. The minimum Gasteiger partial charge on any atom is -0.378 e. The first-order valence-electron chi connectivity index (χ1n) is 14.1. The number of urea groups is 1. The highest BCUT2D eigenvalue weighted by molar-refractivity contribution is 6.00. The van der Waals surface area contributed by atoms with Crippen LogP contribution in [-0.2, 0) is 4.74 Å². The molecule has 3 aromatic heterocycles. The largest absolute Gasteiger partial charge is 0.378 e. The van der Waals surface area contributed by atoms with Gasteiger partial charge in [0.1, 0.15) is 17.0 Å². The minimum atomic E-state index is -0.665. The van der Waals surface area contributed by atoms with Crippen molar-refractivity contribution in [3.8, 4) is 11.4 Å². The Morgan fingerprint density at radius 1 is 1.02 bits per heavy atom. The fourth-order valence-electron chi connectivity index (χ4n) is 4.97. The number of nitrogens with one attached hydrogen (secondary N) is 2. The fourth-order valence-corrected chi connectivity index (χ4v) is 4.97. The first kappa shape index (κ1) is 28.9. The summed E-state index contributed by atoms with van der Waals surface area (Å²) < 4.78 is 20.8. The molecule has 5 heterocycles. The van der Waals surface area contributed by atoms with E-state index in [2.05, 4.69) is 25.6 Å². The monoisotopic (exact) mass is 598 g/mol. The van der Waals surface area contributed by atoms with Crippen LogP contribution in [0.1, 0.15) is 22.0 Å². The molecule has 4 aromatic rings. The molecule has 0 aliphatic carbocycles. The third-order valence-electron chi connectivity index (χ3n) is 7.30. The van der Waals surface area contributed by atoms with E-state index in [-0.39, 0.29) is 23.2 Å². The number of rotatable bonds is 6. The normalized spacial score (nSPS) is 16.3. The average molecular weight is 599 g/mol. The second-order valence-corrected chi connectivity index (χ2v) is 10.7. The highest BCUT2D eigenvalue weighted by atomic mass is 19.1. The van der Waals surface area contributed by atoms with Crippen LogP contribution in [0.25, 0.3) is 22.4 Å². The van der Waals surface area contributed by atoms with Crippen LogP contribution in [0.3, 0.4) is 0 Å². The number of fused-ring (bicyclic) bond motifs is 1. The van der Waals surface area contributed by atoms with Gasteiger partial charge in [-0.15, -0.1) is 0 Å². The molecule has 0 spiro atoms. The van der Waals surface area contributed by atoms with Crippen molar-refractivity contribution in [2.45, 2.75) is 5.92 Å². The number of aromatic nitrogens is 4. The van der Waals surface area contributed by atoms with Gasteiger partial charge in [0.25, 0.3) is 5.91 Å². The van der Waals surface area contributed by atoms with Gasteiger partial charge in [-0.2, -0.15) is 5.10 Å². The number of amides is 3. The molecule has 44 heavy (non-hydrogen) atoms. The van der Waals surface area contributed by atoms with Crippen molar-refractivity contribution in [2.75, 3.05) is 69.5 Å². The number of benzene rings is 1. The molecular formula is C30H31FN10O3. The van der Waals surface area contributed by atoms with Gasteiger partial charge in [0.15, 0.2) is 11.6 Å². The lowest BCUT2D eigenvalue weighted by molar-refractivity contribution is 0.0822. The molecule has 1 fully saturated rings. The van der Waals surface area contributed by atoms with Crippen LogP contribution in [0.5, 0.6) is 0 Å². The molecule has 3 amide bonds. The highest BCUT2D eigenvalue weighted by Gasteiger charge is 2.23. The summed E-state index contributed by atoms with van der Waals surface area (Å²) in [6.45, 7) is 3.16. The molecule has 0 saturated carbocycles. The molecule has 1 unspecified atom stereocenters.